The van der Waals surface area contributed by atoms with E-state index in [4.69, 9.17) is 11.6 Å². The molecule has 0 unspecified atom stereocenters. The topological polar surface area (TPSA) is 0 Å². The van der Waals surface area contributed by atoms with E-state index in [0.29, 0.717) is 0 Å². The summed E-state index contributed by atoms with van der Waals surface area (Å²) in [6, 6.07) is 9.53. The maximum atomic E-state index is 9.83. The van der Waals surface area contributed by atoms with Crippen LogP contribution in [-0.2, 0) is 4.36 Å². The van der Waals surface area contributed by atoms with Crippen molar-refractivity contribution < 1.29 is 0 Å². The van der Waals surface area contributed by atoms with Crippen LogP contribution in [0.4, 0.5) is 0 Å². The molecule has 6 aliphatic carbocycles. The van der Waals surface area contributed by atoms with Gasteiger partial charge in [0.05, 0.1) is 59.1 Å². The largest absolute Gasteiger partial charge is 0.276 e. The maximum absolute atomic E-state index is 9.83. The van der Waals surface area contributed by atoms with Crippen molar-refractivity contribution in [3.05, 3.63) is 34.9 Å². The van der Waals surface area contributed by atoms with Crippen molar-refractivity contribution in [3.8, 4) is 0 Å². The number of hydrogen-bond acceptors (Lipinski definition) is 0. The van der Waals surface area contributed by atoms with Gasteiger partial charge in [0.2, 0.25) is 0 Å². The van der Waals surface area contributed by atoms with Crippen LogP contribution in [0, 0.1) is 0 Å². The highest BCUT2D eigenvalue weighted by molar-refractivity contribution is 7.97. The van der Waals surface area contributed by atoms with Gasteiger partial charge >= 0.3 is 0 Å². The normalized spacial score (nSPS) is 26.9. The first-order valence-corrected chi connectivity index (χ1v) is 26.1. The summed E-state index contributed by atoms with van der Waals surface area (Å²) in [7, 11) is -3.57. The average molecular weight is 720 g/mol. The minimum atomic E-state index is -1.78. The zero-order valence-electron chi connectivity index (χ0n) is 30.1. The molecule has 0 bridgehead atoms. The van der Waals surface area contributed by atoms with E-state index in [1.165, 1.54) is 198 Å². The van der Waals surface area contributed by atoms with Gasteiger partial charge < -0.3 is 0 Å². The van der Waals surface area contributed by atoms with Crippen LogP contribution >= 0.6 is 37.7 Å². The maximum Gasteiger partial charge on any atom is 0.276 e. The fourth-order valence-corrected chi connectivity index (χ4v) is 37.2. The Bertz CT molecular complexity index is 945. The van der Waals surface area contributed by atoms with Crippen molar-refractivity contribution in [2.75, 3.05) is 0 Å². The number of alkyl halides is 1. The Kier molecular flexibility index (Phi) is 12.7. The van der Waals surface area contributed by atoms with Crippen LogP contribution in [0.15, 0.2) is 24.3 Å². The molecule has 264 valence electrons. The van der Waals surface area contributed by atoms with E-state index in [1.807, 2.05) is 0 Å². The molecule has 7 rings (SSSR count). The molecule has 0 aliphatic heterocycles. The van der Waals surface area contributed by atoms with Gasteiger partial charge in [-0.05, 0) is 178 Å². The van der Waals surface area contributed by atoms with Crippen LogP contribution in [0.1, 0.15) is 198 Å². The fourth-order valence-electron chi connectivity index (χ4n) is 13.7. The first kappa shape index (κ1) is 36.0. The molecule has 0 N–H and O–H groups in total. The van der Waals surface area contributed by atoms with Gasteiger partial charge in [0, 0.05) is 0 Å². The molecule has 47 heavy (non-hydrogen) atoms. The molecule has 6 saturated carbocycles. The predicted octanol–water partition coefficient (Wildman–Crippen LogP) is 15.7. The minimum absolute atomic E-state index is 0.184. The lowest BCUT2D eigenvalue weighted by Gasteiger charge is -2.63. The first-order chi connectivity index (χ1) is 23.1. The lowest BCUT2D eigenvalue weighted by atomic mass is 9.98. The molecule has 0 atom stereocenters. The van der Waals surface area contributed by atoms with Gasteiger partial charge in [-0.25, -0.2) is 0 Å². The summed E-state index contributed by atoms with van der Waals surface area (Å²) >= 11 is 17.6. The fraction of sp³-hybridized carbons (Fsp3) is 0.860. The van der Waals surface area contributed by atoms with E-state index in [2.05, 4.69) is 24.3 Å². The summed E-state index contributed by atoms with van der Waals surface area (Å²) in [6.45, 7) is 0. The zero-order valence-corrected chi connectivity index (χ0v) is 33.4. The Morgan fingerprint density at radius 2 is 0.617 bits per heavy atom. The van der Waals surface area contributed by atoms with Gasteiger partial charge in [-0.3, -0.25) is 0 Å². The molecule has 6 fully saturated rings. The second kappa shape index (κ2) is 16.6. The smallest absolute Gasteiger partial charge is 0.0836 e. The van der Waals surface area contributed by atoms with Gasteiger partial charge in [0.1, 0.15) is 0 Å². The van der Waals surface area contributed by atoms with Crippen LogP contribution in [0.2, 0.25) is 5.02 Å². The number of halogens is 2. The first-order valence-electron chi connectivity index (χ1n) is 21.4. The number of rotatable bonds is 9. The summed E-state index contributed by atoms with van der Waals surface area (Å²) in [4.78, 5) is 0. The van der Waals surface area contributed by atoms with Crippen LogP contribution in [0.5, 0.6) is 0 Å². The highest BCUT2D eigenvalue weighted by Crippen LogP contribution is 3.03. The molecular weight excluding hydrogens is 649 g/mol. The summed E-state index contributed by atoms with van der Waals surface area (Å²) in [5.74, 6) is 0. The predicted molar refractivity (Wildman–Crippen MR) is 214 cm³/mol. The average Bonchev–Trinajstić information content (AvgIpc) is 3.15. The molecule has 0 amide bonds. The van der Waals surface area contributed by atoms with Crippen LogP contribution in [0.25, 0.3) is 0 Å². The molecule has 0 aromatic heterocycles. The van der Waals surface area contributed by atoms with Gasteiger partial charge in [-0.1, -0.05) is 62.3 Å². The second-order valence-corrected chi connectivity index (χ2v) is 28.4. The van der Waals surface area contributed by atoms with Gasteiger partial charge in [0.15, 0.2) is 0 Å². The molecule has 0 nitrogen and oxygen atoms in total. The summed E-state index contributed by atoms with van der Waals surface area (Å²) < 4.78 is -0.184. The Morgan fingerprint density at radius 3 is 0.851 bits per heavy atom. The zero-order chi connectivity index (χ0) is 32.2. The monoisotopic (exact) mass is 718 g/mol. The lowest BCUT2D eigenvalue weighted by Crippen LogP contribution is -2.52. The quantitative estimate of drug-likeness (QED) is 0.176. The summed E-state index contributed by atoms with van der Waals surface area (Å²) in [6.07, 6.45) is 44.1. The SMILES string of the molecule is Clc1ccccc1C(Cl)([P+](C1CCCCC1)(C1CCCCC1)C1CCCCC1)[P+](C1CCCCC1)(C1CCCCC1)C1CCCCC1. The molecule has 0 spiro atoms. The summed E-state index contributed by atoms with van der Waals surface area (Å²) in [5.41, 5.74) is 6.81. The lowest BCUT2D eigenvalue weighted by molar-refractivity contribution is 0.435. The molecule has 0 saturated heterocycles. The Hall–Kier alpha value is 0.660. The Labute approximate surface area is 302 Å². The second-order valence-electron chi connectivity index (χ2n) is 17.5. The molecule has 6 aliphatic rings. The molecule has 1 aromatic rings. The Balaban J connectivity index is 1.60. The number of hydrogen-bond donors (Lipinski definition) is 0. The van der Waals surface area contributed by atoms with Crippen molar-refractivity contribution in [2.24, 2.45) is 0 Å². The van der Waals surface area contributed by atoms with Crippen molar-refractivity contribution in [1.29, 1.82) is 0 Å². The number of benzene rings is 1. The van der Waals surface area contributed by atoms with Crippen molar-refractivity contribution in [3.63, 3.8) is 0 Å². The standard InChI is InChI=1S/C43H70Cl2P2/c44-42-34-20-19-33-41(42)43(45,46(35-21-7-1-8-22-35,36-23-9-2-10-24-36)37-25-11-3-12-26-37)47(38-27-13-4-14-28-38,39-29-15-5-16-30-39)40-31-17-6-18-32-40/h19-20,33-40H,1-18,21-32H2/q+2. The van der Waals surface area contributed by atoms with E-state index < -0.39 is 14.5 Å². The van der Waals surface area contributed by atoms with E-state index in [1.54, 1.807) is 0 Å². The molecular formula is C43H70Cl2P2+2. The van der Waals surface area contributed by atoms with Crippen LogP contribution in [0.3, 0.4) is 0 Å². The van der Waals surface area contributed by atoms with E-state index in [-0.39, 0.29) is 4.36 Å². The van der Waals surface area contributed by atoms with Gasteiger partial charge in [-0.2, -0.15) is 0 Å². The third kappa shape index (κ3) is 6.50. The van der Waals surface area contributed by atoms with Crippen molar-refractivity contribution in [1.82, 2.24) is 0 Å². The van der Waals surface area contributed by atoms with Crippen LogP contribution in [-0.4, -0.2) is 34.0 Å². The third-order valence-electron chi connectivity index (χ3n) is 15.3. The molecule has 4 heteroatoms. The van der Waals surface area contributed by atoms with Gasteiger partial charge in [0.25, 0.3) is 4.36 Å². The van der Waals surface area contributed by atoms with E-state index in [0.717, 1.165) is 39.0 Å². The van der Waals surface area contributed by atoms with Crippen LogP contribution < -0.4 is 0 Å². The van der Waals surface area contributed by atoms with Crippen molar-refractivity contribution in [2.45, 2.75) is 231 Å². The minimum Gasteiger partial charge on any atom is -0.0836 e. The molecule has 0 heterocycles. The van der Waals surface area contributed by atoms with Crippen molar-refractivity contribution >= 4 is 37.7 Å². The Morgan fingerprint density at radius 1 is 0.383 bits per heavy atom. The van der Waals surface area contributed by atoms with E-state index in [9.17, 15) is 11.6 Å². The molecule has 1 aromatic carbocycles. The highest BCUT2D eigenvalue weighted by Gasteiger charge is 2.84. The third-order valence-corrected chi connectivity index (χ3v) is 32.6. The van der Waals surface area contributed by atoms with Gasteiger partial charge in [-0.15, -0.1) is 0 Å². The highest BCUT2D eigenvalue weighted by atomic mass is 35.5. The summed E-state index contributed by atoms with van der Waals surface area (Å²) in [5, 5.41) is 1.07. The molecule has 0 radical (unpaired) electrons. The van der Waals surface area contributed by atoms with E-state index >= 15 is 0 Å².